The van der Waals surface area contributed by atoms with Gasteiger partial charge in [0.15, 0.2) is 5.78 Å². The lowest BCUT2D eigenvalue weighted by molar-refractivity contribution is -0.114. The summed E-state index contributed by atoms with van der Waals surface area (Å²) in [6, 6.07) is 25.6. The Morgan fingerprint density at radius 2 is 1.61 bits per heavy atom. The molecule has 0 fully saturated rings. The van der Waals surface area contributed by atoms with Gasteiger partial charge < -0.3 is 0 Å². The number of allylic oxidation sites excluding steroid dienone is 2. The van der Waals surface area contributed by atoms with Gasteiger partial charge in [0.05, 0.1) is 15.7 Å². The maximum absolute atomic E-state index is 11.6. The Labute approximate surface area is 187 Å². The van der Waals surface area contributed by atoms with E-state index >= 15 is 0 Å². The summed E-state index contributed by atoms with van der Waals surface area (Å²) in [6.45, 7) is 4.08. The van der Waals surface area contributed by atoms with E-state index in [2.05, 4.69) is 84.7 Å². The zero-order valence-electron chi connectivity index (χ0n) is 17.8. The van der Waals surface area contributed by atoms with Gasteiger partial charge in [0, 0.05) is 6.42 Å². The van der Waals surface area contributed by atoms with Gasteiger partial charge >= 0.3 is 0 Å². The number of fused-ring (bicyclic) bond motifs is 1. The van der Waals surface area contributed by atoms with Crippen LogP contribution in [0, 0.1) is 0 Å². The molecule has 4 rings (SSSR count). The number of carbonyl (C=O) groups excluding carboxylic acids is 1. The Morgan fingerprint density at radius 1 is 0.871 bits per heavy atom. The molecule has 154 valence electrons. The maximum atomic E-state index is 11.6. The topological polar surface area (TPSA) is 30.0 Å². The number of hydrogen-bond acceptors (Lipinski definition) is 3. The predicted molar refractivity (Wildman–Crippen MR) is 133 cm³/mol. The first kappa shape index (κ1) is 21.0. The molecule has 0 aliphatic heterocycles. The minimum Gasteiger partial charge on any atom is -0.295 e. The second kappa shape index (κ2) is 9.67. The highest BCUT2D eigenvalue weighted by molar-refractivity contribution is 7.16. The minimum absolute atomic E-state index is 0.138. The van der Waals surface area contributed by atoms with Crippen molar-refractivity contribution in [2.75, 3.05) is 0 Å². The van der Waals surface area contributed by atoms with Crippen molar-refractivity contribution in [3.63, 3.8) is 0 Å². The molecule has 0 aliphatic rings. The van der Waals surface area contributed by atoms with Gasteiger partial charge in [-0.15, -0.1) is 11.3 Å². The first-order valence-corrected chi connectivity index (χ1v) is 11.5. The fraction of sp³-hybridized carbons (Fsp3) is 0.143. The Morgan fingerprint density at radius 3 is 2.32 bits per heavy atom. The van der Waals surface area contributed by atoms with Crippen molar-refractivity contribution >= 4 is 44.6 Å². The SMILES string of the molecule is CCC(=O)/C=C/c1ccc(/C(=C(/CC)c2ccccc2)c2ccc3scnc3c2)cc1. The molecule has 1 aromatic heterocycles. The molecule has 2 nitrogen and oxygen atoms in total. The van der Waals surface area contributed by atoms with E-state index in [9.17, 15) is 4.79 Å². The first-order valence-electron chi connectivity index (χ1n) is 10.6. The molecule has 3 heteroatoms. The number of ketones is 1. The highest BCUT2D eigenvalue weighted by Crippen LogP contribution is 2.36. The van der Waals surface area contributed by atoms with Crippen LogP contribution in [0.4, 0.5) is 0 Å². The minimum atomic E-state index is 0.138. The third kappa shape index (κ3) is 4.73. The standard InChI is InChI=1S/C28H25NOS/c1-3-24(30)16-12-20-10-13-22(14-11-20)28(25(4-2)21-8-6-5-7-9-21)23-15-17-27-26(18-23)29-19-31-27/h5-19H,3-4H2,1-2H3/b16-12+,28-25+. The monoisotopic (exact) mass is 423 g/mol. The van der Waals surface area contributed by atoms with E-state index in [-0.39, 0.29) is 5.78 Å². The molecule has 0 unspecified atom stereocenters. The summed E-state index contributed by atoms with van der Waals surface area (Å²) < 4.78 is 1.20. The van der Waals surface area contributed by atoms with E-state index < -0.39 is 0 Å². The summed E-state index contributed by atoms with van der Waals surface area (Å²) in [6.07, 6.45) is 4.99. The second-order valence-corrected chi connectivity index (χ2v) is 8.27. The summed E-state index contributed by atoms with van der Waals surface area (Å²) in [4.78, 5) is 16.1. The lowest BCUT2D eigenvalue weighted by Crippen LogP contribution is -1.95. The van der Waals surface area contributed by atoms with E-state index in [0.717, 1.165) is 23.1 Å². The molecule has 0 amide bonds. The summed E-state index contributed by atoms with van der Waals surface area (Å²) >= 11 is 1.66. The van der Waals surface area contributed by atoms with Gasteiger partial charge in [0.2, 0.25) is 0 Å². The molecular weight excluding hydrogens is 398 g/mol. The van der Waals surface area contributed by atoms with Crippen molar-refractivity contribution in [3.8, 4) is 0 Å². The summed E-state index contributed by atoms with van der Waals surface area (Å²) in [5, 5.41) is 0. The van der Waals surface area contributed by atoms with Crippen molar-refractivity contribution in [2.45, 2.75) is 26.7 Å². The van der Waals surface area contributed by atoms with E-state index in [1.165, 1.54) is 27.0 Å². The van der Waals surface area contributed by atoms with Crippen molar-refractivity contribution in [1.82, 2.24) is 4.98 Å². The van der Waals surface area contributed by atoms with Gasteiger partial charge in [-0.3, -0.25) is 4.79 Å². The smallest absolute Gasteiger partial charge is 0.155 e. The zero-order chi connectivity index (χ0) is 21.6. The van der Waals surface area contributed by atoms with E-state index in [1.54, 1.807) is 17.4 Å². The van der Waals surface area contributed by atoms with Crippen molar-refractivity contribution < 1.29 is 4.79 Å². The summed E-state index contributed by atoms with van der Waals surface area (Å²) in [5.74, 6) is 0.138. The largest absolute Gasteiger partial charge is 0.295 e. The highest BCUT2D eigenvalue weighted by Gasteiger charge is 2.14. The predicted octanol–water partition coefficient (Wildman–Crippen LogP) is 7.66. The van der Waals surface area contributed by atoms with Gasteiger partial charge in [-0.05, 0) is 58.0 Å². The lowest BCUT2D eigenvalue weighted by atomic mass is 9.88. The molecule has 0 saturated carbocycles. The number of hydrogen-bond donors (Lipinski definition) is 0. The third-order valence-corrected chi connectivity index (χ3v) is 6.22. The van der Waals surface area contributed by atoms with Crippen molar-refractivity contribution in [1.29, 1.82) is 0 Å². The number of aromatic nitrogens is 1. The van der Waals surface area contributed by atoms with E-state index in [0.29, 0.717) is 6.42 Å². The van der Waals surface area contributed by atoms with Crippen LogP contribution in [0.25, 0.3) is 27.4 Å². The molecular formula is C28H25NOS. The molecule has 0 N–H and O–H groups in total. The van der Waals surface area contributed by atoms with Gasteiger partial charge in [0.25, 0.3) is 0 Å². The van der Waals surface area contributed by atoms with Gasteiger partial charge in [0.1, 0.15) is 0 Å². The van der Waals surface area contributed by atoms with Crippen LogP contribution in [0.15, 0.2) is 84.4 Å². The van der Waals surface area contributed by atoms with E-state index in [4.69, 9.17) is 0 Å². The number of nitrogens with zero attached hydrogens (tertiary/aromatic N) is 1. The average molecular weight is 424 g/mol. The lowest BCUT2D eigenvalue weighted by Gasteiger charge is -2.16. The van der Waals surface area contributed by atoms with Crippen LogP contribution in [0.1, 0.15) is 48.9 Å². The first-order chi connectivity index (χ1) is 15.2. The molecule has 31 heavy (non-hydrogen) atoms. The van der Waals surface area contributed by atoms with Crippen LogP contribution in [0.5, 0.6) is 0 Å². The fourth-order valence-electron chi connectivity index (χ4n) is 3.76. The third-order valence-electron chi connectivity index (χ3n) is 5.41. The van der Waals surface area contributed by atoms with Crippen LogP contribution in [-0.2, 0) is 4.79 Å². The molecule has 0 bridgehead atoms. The number of benzene rings is 3. The maximum Gasteiger partial charge on any atom is 0.155 e. The molecule has 0 saturated heterocycles. The van der Waals surface area contributed by atoms with Crippen molar-refractivity contribution in [2.24, 2.45) is 0 Å². The van der Waals surface area contributed by atoms with Crippen molar-refractivity contribution in [3.05, 3.63) is 107 Å². The highest BCUT2D eigenvalue weighted by atomic mass is 32.1. The Kier molecular flexibility index (Phi) is 6.54. The Hall–Kier alpha value is -3.30. The van der Waals surface area contributed by atoms with Gasteiger partial charge in [-0.1, -0.05) is 80.6 Å². The number of thiazole rings is 1. The van der Waals surface area contributed by atoms with Crippen LogP contribution < -0.4 is 0 Å². The fourth-order valence-corrected chi connectivity index (χ4v) is 4.42. The molecule has 1 heterocycles. The molecule has 0 atom stereocenters. The summed E-state index contributed by atoms with van der Waals surface area (Å²) in [7, 11) is 0. The zero-order valence-corrected chi connectivity index (χ0v) is 18.7. The molecule has 0 aliphatic carbocycles. The number of rotatable bonds is 7. The van der Waals surface area contributed by atoms with Crippen LogP contribution in [0.2, 0.25) is 0 Å². The van der Waals surface area contributed by atoms with E-state index in [1.807, 2.05) is 18.5 Å². The van der Waals surface area contributed by atoms with Crippen LogP contribution in [0.3, 0.4) is 0 Å². The van der Waals surface area contributed by atoms with Gasteiger partial charge in [-0.2, -0.15) is 0 Å². The Bertz CT molecular complexity index is 1250. The number of carbonyl (C=O) groups is 1. The normalized spacial score (nSPS) is 12.3. The quantitative estimate of drug-likeness (QED) is 0.226. The Balaban J connectivity index is 1.85. The summed E-state index contributed by atoms with van der Waals surface area (Å²) in [5.41, 5.74) is 10.0. The molecule has 3 aromatic carbocycles. The van der Waals surface area contributed by atoms with Gasteiger partial charge in [-0.25, -0.2) is 4.98 Å². The average Bonchev–Trinajstić information content (AvgIpc) is 3.30. The molecule has 0 radical (unpaired) electrons. The second-order valence-electron chi connectivity index (χ2n) is 7.38. The molecule has 0 spiro atoms. The van der Waals surface area contributed by atoms with Crippen LogP contribution >= 0.6 is 11.3 Å². The molecule has 4 aromatic rings. The van der Waals surface area contributed by atoms with Crippen LogP contribution in [-0.4, -0.2) is 10.8 Å².